The van der Waals surface area contributed by atoms with E-state index in [1.54, 1.807) is 0 Å². The number of hydrogen-bond donors (Lipinski definition) is 0. The lowest BCUT2D eigenvalue weighted by Crippen LogP contribution is -1.85. The fourth-order valence-corrected chi connectivity index (χ4v) is 7.42. The van der Waals surface area contributed by atoms with Crippen LogP contribution in [0.3, 0.4) is 0 Å². The average molecular weight is 571 g/mol. The summed E-state index contributed by atoms with van der Waals surface area (Å²) in [6.07, 6.45) is 0. The topological polar surface area (TPSA) is 13.1 Å². The Kier molecular flexibility index (Phi) is 5.06. The second-order valence-corrected chi connectivity index (χ2v) is 12.1. The molecule has 8 aromatic carbocycles. The highest BCUT2D eigenvalue weighted by Crippen LogP contribution is 2.49. The summed E-state index contributed by atoms with van der Waals surface area (Å²) in [7, 11) is 0. The van der Waals surface area contributed by atoms with Crippen molar-refractivity contribution in [1.82, 2.24) is 0 Å². The molecule has 0 spiro atoms. The second-order valence-electron chi connectivity index (χ2n) is 12.1. The molecule has 10 rings (SSSR count). The SMILES string of the molecule is c1ccc(-c2ccc3c(c2)oc2cc(-c4ccc5ccc(-c6ccc7c8c(cccc68)-c6ccccc6-7)cc5c4)ccc23)cc1. The lowest BCUT2D eigenvalue weighted by Gasteiger charge is -2.11. The van der Waals surface area contributed by atoms with E-state index in [9.17, 15) is 0 Å². The third-order valence-electron chi connectivity index (χ3n) is 9.61. The molecule has 0 radical (unpaired) electrons. The standard InChI is InChI=1S/C44H26O/c1-2-7-27(8-3-1)30-17-19-37-38-20-18-31(26-43(38)45-42(37)25-30)29-15-13-28-14-16-32(24-33(28)23-29)34-21-22-41-36-10-5-4-9-35(36)40-12-6-11-39(34)44(40)41/h1-26H. The molecule has 45 heavy (non-hydrogen) atoms. The van der Waals surface area contributed by atoms with Crippen molar-refractivity contribution in [2.24, 2.45) is 0 Å². The van der Waals surface area contributed by atoms with Crippen LogP contribution in [0.2, 0.25) is 0 Å². The minimum absolute atomic E-state index is 0.912. The van der Waals surface area contributed by atoms with Crippen LogP contribution in [0.5, 0.6) is 0 Å². The fourth-order valence-electron chi connectivity index (χ4n) is 7.42. The molecule has 1 aliphatic rings. The van der Waals surface area contributed by atoms with E-state index in [1.807, 2.05) is 6.07 Å². The molecule has 208 valence electrons. The first-order valence-corrected chi connectivity index (χ1v) is 15.5. The third-order valence-corrected chi connectivity index (χ3v) is 9.61. The monoisotopic (exact) mass is 570 g/mol. The summed E-state index contributed by atoms with van der Waals surface area (Å²) >= 11 is 0. The van der Waals surface area contributed by atoms with E-state index in [1.165, 1.54) is 66.1 Å². The van der Waals surface area contributed by atoms with E-state index in [0.717, 1.165) is 33.1 Å². The van der Waals surface area contributed by atoms with Gasteiger partial charge in [0.25, 0.3) is 0 Å². The van der Waals surface area contributed by atoms with Gasteiger partial charge in [0.05, 0.1) is 0 Å². The molecule has 0 saturated heterocycles. The van der Waals surface area contributed by atoms with Gasteiger partial charge in [-0.15, -0.1) is 0 Å². The molecule has 0 atom stereocenters. The highest BCUT2D eigenvalue weighted by molar-refractivity contribution is 6.19. The summed E-state index contributed by atoms with van der Waals surface area (Å²) in [5.74, 6) is 0. The average Bonchev–Trinajstić information content (AvgIpc) is 3.64. The van der Waals surface area contributed by atoms with Gasteiger partial charge >= 0.3 is 0 Å². The Morgan fingerprint density at radius 1 is 0.289 bits per heavy atom. The molecule has 1 aliphatic carbocycles. The fraction of sp³-hybridized carbons (Fsp3) is 0. The molecule has 9 aromatic rings. The van der Waals surface area contributed by atoms with Gasteiger partial charge in [-0.2, -0.15) is 0 Å². The van der Waals surface area contributed by atoms with Crippen LogP contribution in [0.4, 0.5) is 0 Å². The van der Waals surface area contributed by atoms with Crippen molar-refractivity contribution in [3.8, 4) is 55.6 Å². The Bertz CT molecular complexity index is 2610. The van der Waals surface area contributed by atoms with Gasteiger partial charge in [0.2, 0.25) is 0 Å². The zero-order chi connectivity index (χ0) is 29.5. The molecule has 1 aromatic heterocycles. The van der Waals surface area contributed by atoms with Gasteiger partial charge < -0.3 is 4.42 Å². The minimum atomic E-state index is 0.912. The predicted molar refractivity (Wildman–Crippen MR) is 189 cm³/mol. The van der Waals surface area contributed by atoms with Crippen LogP contribution in [0, 0.1) is 0 Å². The van der Waals surface area contributed by atoms with Crippen molar-refractivity contribution in [2.75, 3.05) is 0 Å². The molecule has 0 amide bonds. The Labute approximate surface area is 260 Å². The molecule has 0 fully saturated rings. The largest absolute Gasteiger partial charge is 0.456 e. The molecule has 0 bridgehead atoms. The summed E-state index contributed by atoms with van der Waals surface area (Å²) in [5.41, 5.74) is 14.4. The number of furan rings is 1. The van der Waals surface area contributed by atoms with Crippen molar-refractivity contribution in [1.29, 1.82) is 0 Å². The van der Waals surface area contributed by atoms with Crippen molar-refractivity contribution in [3.63, 3.8) is 0 Å². The molecule has 1 nitrogen and oxygen atoms in total. The first-order valence-electron chi connectivity index (χ1n) is 15.5. The number of hydrogen-bond acceptors (Lipinski definition) is 1. The van der Waals surface area contributed by atoms with Crippen LogP contribution in [0.15, 0.2) is 162 Å². The van der Waals surface area contributed by atoms with Gasteiger partial charge in [-0.05, 0) is 114 Å². The van der Waals surface area contributed by atoms with Gasteiger partial charge in [-0.1, -0.05) is 121 Å². The molecular weight excluding hydrogens is 544 g/mol. The summed E-state index contributed by atoms with van der Waals surface area (Å²) in [5, 5.41) is 7.42. The maximum Gasteiger partial charge on any atom is 0.136 e. The molecule has 1 heteroatoms. The van der Waals surface area contributed by atoms with Gasteiger partial charge in [-0.25, -0.2) is 0 Å². The highest BCUT2D eigenvalue weighted by atomic mass is 16.3. The Hall–Kier alpha value is -5.92. The quantitative estimate of drug-likeness (QED) is 0.206. The van der Waals surface area contributed by atoms with Crippen LogP contribution in [0.1, 0.15) is 0 Å². The number of rotatable bonds is 3. The number of fused-ring (bicyclic) bond motifs is 7. The lowest BCUT2D eigenvalue weighted by molar-refractivity contribution is 0.669. The highest BCUT2D eigenvalue weighted by Gasteiger charge is 2.22. The van der Waals surface area contributed by atoms with Gasteiger partial charge in [-0.3, -0.25) is 0 Å². The Balaban J connectivity index is 1.06. The van der Waals surface area contributed by atoms with Crippen molar-refractivity contribution < 1.29 is 4.42 Å². The number of benzene rings is 8. The summed E-state index contributed by atoms with van der Waals surface area (Å²) < 4.78 is 6.43. The van der Waals surface area contributed by atoms with Crippen molar-refractivity contribution in [2.45, 2.75) is 0 Å². The third kappa shape index (κ3) is 3.68. The van der Waals surface area contributed by atoms with Crippen LogP contribution in [0.25, 0.3) is 99.1 Å². The molecular formula is C44H26O. The Morgan fingerprint density at radius 2 is 0.844 bits per heavy atom. The van der Waals surface area contributed by atoms with Gasteiger partial charge in [0, 0.05) is 10.8 Å². The van der Waals surface area contributed by atoms with E-state index in [0.29, 0.717) is 0 Å². The molecule has 0 aliphatic heterocycles. The zero-order valence-corrected chi connectivity index (χ0v) is 24.4. The van der Waals surface area contributed by atoms with Gasteiger partial charge in [0.1, 0.15) is 11.2 Å². The summed E-state index contributed by atoms with van der Waals surface area (Å²) in [6.45, 7) is 0. The van der Waals surface area contributed by atoms with Crippen molar-refractivity contribution >= 4 is 43.5 Å². The minimum Gasteiger partial charge on any atom is -0.456 e. The predicted octanol–water partition coefficient (Wildman–Crippen LogP) is 12.5. The smallest absolute Gasteiger partial charge is 0.136 e. The Morgan fingerprint density at radius 3 is 1.60 bits per heavy atom. The molecule has 0 unspecified atom stereocenters. The summed E-state index contributed by atoms with van der Waals surface area (Å²) in [6, 6.07) is 57.3. The molecule has 1 heterocycles. The maximum absolute atomic E-state index is 6.43. The van der Waals surface area contributed by atoms with Crippen LogP contribution in [-0.4, -0.2) is 0 Å². The molecule has 0 saturated carbocycles. The van der Waals surface area contributed by atoms with Crippen molar-refractivity contribution in [3.05, 3.63) is 158 Å². The summed E-state index contributed by atoms with van der Waals surface area (Å²) in [4.78, 5) is 0. The van der Waals surface area contributed by atoms with E-state index in [2.05, 4.69) is 152 Å². The van der Waals surface area contributed by atoms with Crippen LogP contribution in [-0.2, 0) is 0 Å². The van der Waals surface area contributed by atoms with E-state index in [4.69, 9.17) is 4.42 Å². The first kappa shape index (κ1) is 24.5. The van der Waals surface area contributed by atoms with Gasteiger partial charge in [0.15, 0.2) is 0 Å². The van der Waals surface area contributed by atoms with E-state index in [-0.39, 0.29) is 0 Å². The first-order chi connectivity index (χ1) is 22.3. The maximum atomic E-state index is 6.43. The normalized spacial score (nSPS) is 12.0. The van der Waals surface area contributed by atoms with Crippen LogP contribution < -0.4 is 0 Å². The van der Waals surface area contributed by atoms with E-state index < -0.39 is 0 Å². The lowest BCUT2D eigenvalue weighted by atomic mass is 9.92. The molecule has 0 N–H and O–H groups in total. The van der Waals surface area contributed by atoms with Crippen LogP contribution >= 0.6 is 0 Å². The second kappa shape index (κ2) is 9.29. The van der Waals surface area contributed by atoms with E-state index >= 15 is 0 Å². The zero-order valence-electron chi connectivity index (χ0n) is 24.4.